The molecule has 0 aromatic heterocycles. The molecule has 0 amide bonds. The maximum atomic E-state index is 9.14. The van der Waals surface area contributed by atoms with Gasteiger partial charge in [-0.2, -0.15) is 0 Å². The van der Waals surface area contributed by atoms with E-state index in [1.165, 1.54) is 38.6 Å². The second-order valence-electron chi connectivity index (χ2n) is 4.99. The van der Waals surface area contributed by atoms with Gasteiger partial charge in [0.1, 0.15) is 0 Å². The lowest BCUT2D eigenvalue weighted by molar-refractivity contribution is -0.00996. The lowest BCUT2D eigenvalue weighted by atomic mass is 9.75. The monoisotopic (exact) mass is 183 g/mol. The second-order valence-corrected chi connectivity index (χ2v) is 4.99. The standard InChI is InChI=1S/C11H21NO/c1-11(5-3-6-11)12-7-2-4-10(8-12)9-13/h10,13H,2-9H2,1H3. The SMILES string of the molecule is CC1(N2CCCC(CO)C2)CCC1. The first kappa shape index (κ1) is 9.47. The molecular formula is C11H21NO. The maximum absolute atomic E-state index is 9.14. The van der Waals surface area contributed by atoms with Crippen LogP contribution in [0.3, 0.4) is 0 Å². The van der Waals surface area contributed by atoms with Gasteiger partial charge in [-0.15, -0.1) is 0 Å². The maximum Gasteiger partial charge on any atom is 0.0471 e. The van der Waals surface area contributed by atoms with Gasteiger partial charge in [0.2, 0.25) is 0 Å². The molecule has 1 aliphatic carbocycles. The minimum Gasteiger partial charge on any atom is -0.396 e. The highest BCUT2D eigenvalue weighted by Crippen LogP contribution is 2.39. The molecule has 13 heavy (non-hydrogen) atoms. The molecule has 1 atom stereocenters. The number of nitrogens with zero attached hydrogens (tertiary/aromatic N) is 1. The smallest absolute Gasteiger partial charge is 0.0471 e. The van der Waals surface area contributed by atoms with E-state index in [1.54, 1.807) is 0 Å². The van der Waals surface area contributed by atoms with Crippen LogP contribution in [0.4, 0.5) is 0 Å². The minimum atomic E-state index is 0.382. The Hall–Kier alpha value is -0.0800. The van der Waals surface area contributed by atoms with Gasteiger partial charge in [0.15, 0.2) is 0 Å². The first-order valence-electron chi connectivity index (χ1n) is 5.60. The van der Waals surface area contributed by atoms with E-state index in [0.717, 1.165) is 6.54 Å². The number of rotatable bonds is 2. The fraction of sp³-hybridized carbons (Fsp3) is 1.00. The van der Waals surface area contributed by atoms with E-state index in [2.05, 4.69) is 11.8 Å². The zero-order valence-electron chi connectivity index (χ0n) is 8.63. The quantitative estimate of drug-likeness (QED) is 0.703. The molecule has 1 N–H and O–H groups in total. The molecule has 2 fully saturated rings. The second kappa shape index (κ2) is 3.58. The normalized spacial score (nSPS) is 34.2. The predicted molar refractivity (Wildman–Crippen MR) is 53.6 cm³/mol. The molecule has 0 spiro atoms. The molecule has 0 aromatic rings. The summed E-state index contributed by atoms with van der Waals surface area (Å²) in [6.45, 7) is 5.16. The van der Waals surface area contributed by atoms with Crippen molar-refractivity contribution in [3.63, 3.8) is 0 Å². The van der Waals surface area contributed by atoms with E-state index in [-0.39, 0.29) is 0 Å². The van der Waals surface area contributed by atoms with E-state index < -0.39 is 0 Å². The van der Waals surface area contributed by atoms with Crippen LogP contribution in [-0.2, 0) is 0 Å². The van der Waals surface area contributed by atoms with Crippen molar-refractivity contribution in [3.8, 4) is 0 Å². The van der Waals surface area contributed by atoms with Gasteiger partial charge in [0, 0.05) is 18.7 Å². The number of piperidine rings is 1. The van der Waals surface area contributed by atoms with Crippen molar-refractivity contribution in [3.05, 3.63) is 0 Å². The summed E-state index contributed by atoms with van der Waals surface area (Å²) < 4.78 is 0. The van der Waals surface area contributed by atoms with Gasteiger partial charge in [0.05, 0.1) is 0 Å². The number of hydrogen-bond acceptors (Lipinski definition) is 2. The first-order chi connectivity index (χ1) is 6.24. The Morgan fingerprint density at radius 3 is 2.69 bits per heavy atom. The van der Waals surface area contributed by atoms with Crippen LogP contribution in [0.1, 0.15) is 39.0 Å². The van der Waals surface area contributed by atoms with Crippen molar-refractivity contribution < 1.29 is 5.11 Å². The third kappa shape index (κ3) is 1.75. The van der Waals surface area contributed by atoms with E-state index in [9.17, 15) is 0 Å². The summed E-state index contributed by atoms with van der Waals surface area (Å²) in [5, 5.41) is 9.14. The van der Waals surface area contributed by atoms with Gasteiger partial charge < -0.3 is 5.11 Å². The van der Waals surface area contributed by atoms with Crippen LogP contribution in [-0.4, -0.2) is 35.2 Å². The topological polar surface area (TPSA) is 23.5 Å². The van der Waals surface area contributed by atoms with E-state index in [0.29, 0.717) is 18.1 Å². The predicted octanol–water partition coefficient (Wildman–Crippen LogP) is 1.63. The van der Waals surface area contributed by atoms with E-state index in [1.807, 2.05) is 0 Å². The molecule has 1 unspecified atom stereocenters. The number of aliphatic hydroxyl groups is 1. The summed E-state index contributed by atoms with van der Waals surface area (Å²) >= 11 is 0. The van der Waals surface area contributed by atoms with Crippen LogP contribution >= 0.6 is 0 Å². The minimum absolute atomic E-state index is 0.382. The van der Waals surface area contributed by atoms with Crippen LogP contribution in [0.25, 0.3) is 0 Å². The Bertz CT molecular complexity index is 177. The van der Waals surface area contributed by atoms with Gasteiger partial charge >= 0.3 is 0 Å². The van der Waals surface area contributed by atoms with Gasteiger partial charge in [-0.3, -0.25) is 4.90 Å². The molecule has 2 nitrogen and oxygen atoms in total. The largest absolute Gasteiger partial charge is 0.396 e. The summed E-state index contributed by atoms with van der Waals surface area (Å²) in [5.41, 5.74) is 0.494. The number of aliphatic hydroxyl groups excluding tert-OH is 1. The third-order valence-corrected chi connectivity index (χ3v) is 3.97. The Balaban J connectivity index is 1.91. The van der Waals surface area contributed by atoms with Crippen LogP contribution in [0, 0.1) is 5.92 Å². The highest BCUT2D eigenvalue weighted by Gasteiger charge is 2.39. The molecule has 1 heterocycles. The summed E-state index contributed by atoms with van der Waals surface area (Å²) in [4.78, 5) is 2.61. The fourth-order valence-electron chi connectivity index (χ4n) is 2.71. The van der Waals surface area contributed by atoms with E-state index >= 15 is 0 Å². The zero-order chi connectivity index (χ0) is 9.31. The lowest BCUT2D eigenvalue weighted by Gasteiger charge is -2.51. The molecule has 2 heteroatoms. The molecule has 2 rings (SSSR count). The van der Waals surface area contributed by atoms with Crippen molar-refractivity contribution in [2.24, 2.45) is 5.92 Å². The molecule has 0 aromatic carbocycles. The number of hydrogen-bond donors (Lipinski definition) is 1. The van der Waals surface area contributed by atoms with Crippen LogP contribution < -0.4 is 0 Å². The number of likely N-dealkylation sites (tertiary alicyclic amines) is 1. The Morgan fingerprint density at radius 2 is 2.15 bits per heavy atom. The molecule has 0 radical (unpaired) electrons. The first-order valence-corrected chi connectivity index (χ1v) is 5.60. The van der Waals surface area contributed by atoms with Gasteiger partial charge in [-0.1, -0.05) is 0 Å². The highest BCUT2D eigenvalue weighted by atomic mass is 16.3. The summed E-state index contributed by atoms with van der Waals surface area (Å²) in [6.07, 6.45) is 6.64. The molecule has 76 valence electrons. The van der Waals surface area contributed by atoms with Crippen molar-refractivity contribution in [1.82, 2.24) is 4.90 Å². The Morgan fingerprint density at radius 1 is 1.38 bits per heavy atom. The van der Waals surface area contributed by atoms with Crippen molar-refractivity contribution in [2.75, 3.05) is 19.7 Å². The highest BCUT2D eigenvalue weighted by molar-refractivity contribution is 4.95. The molecular weight excluding hydrogens is 162 g/mol. The van der Waals surface area contributed by atoms with Gasteiger partial charge in [-0.05, 0) is 51.5 Å². The van der Waals surface area contributed by atoms with E-state index in [4.69, 9.17) is 5.11 Å². The van der Waals surface area contributed by atoms with Gasteiger partial charge in [-0.25, -0.2) is 0 Å². The Kier molecular flexibility index (Phi) is 2.61. The summed E-state index contributed by atoms with van der Waals surface area (Å²) in [7, 11) is 0. The van der Waals surface area contributed by atoms with Crippen molar-refractivity contribution >= 4 is 0 Å². The van der Waals surface area contributed by atoms with Crippen molar-refractivity contribution in [2.45, 2.75) is 44.6 Å². The third-order valence-electron chi connectivity index (χ3n) is 3.97. The molecule has 1 saturated heterocycles. The average molecular weight is 183 g/mol. The zero-order valence-corrected chi connectivity index (χ0v) is 8.63. The molecule has 1 saturated carbocycles. The van der Waals surface area contributed by atoms with Gasteiger partial charge in [0.25, 0.3) is 0 Å². The Labute approximate surface area is 80.9 Å². The summed E-state index contributed by atoms with van der Waals surface area (Å²) in [5.74, 6) is 0.547. The van der Waals surface area contributed by atoms with Crippen molar-refractivity contribution in [1.29, 1.82) is 0 Å². The fourth-order valence-corrected chi connectivity index (χ4v) is 2.71. The average Bonchev–Trinajstić information content (AvgIpc) is 2.14. The summed E-state index contributed by atoms with van der Waals surface area (Å²) in [6, 6.07) is 0. The van der Waals surface area contributed by atoms with Crippen LogP contribution in [0.5, 0.6) is 0 Å². The molecule has 1 aliphatic heterocycles. The molecule has 2 aliphatic rings. The van der Waals surface area contributed by atoms with Crippen LogP contribution in [0.15, 0.2) is 0 Å². The molecule has 0 bridgehead atoms. The lowest BCUT2D eigenvalue weighted by Crippen LogP contribution is -2.55. The van der Waals surface area contributed by atoms with Crippen LogP contribution in [0.2, 0.25) is 0 Å².